The van der Waals surface area contributed by atoms with Gasteiger partial charge in [-0.2, -0.15) is 0 Å². The van der Waals surface area contributed by atoms with Crippen molar-refractivity contribution >= 4 is 10.0 Å². The number of hydrogen-bond acceptors (Lipinski definition) is 6. The largest absolute Gasteiger partial charge is 0.419 e. The Hall–Kier alpha value is -1.80. The standard InChI is InChI=1S/C12H16N4O3S/c1-2-3-8-20(17,18)14-9-11-15-16-12(19-11)10-4-6-13-7-5-10/h4-7,14H,2-3,8-9H2,1H3. The molecule has 0 amide bonds. The zero-order chi connectivity index (χ0) is 14.4. The molecule has 8 heteroatoms. The van der Waals surface area contributed by atoms with E-state index in [-0.39, 0.29) is 18.2 Å². The van der Waals surface area contributed by atoms with Crippen molar-refractivity contribution in [3.05, 3.63) is 30.4 Å². The van der Waals surface area contributed by atoms with Crippen molar-refractivity contribution in [2.45, 2.75) is 26.3 Å². The van der Waals surface area contributed by atoms with Gasteiger partial charge in [0.25, 0.3) is 0 Å². The molecule has 0 aromatic carbocycles. The second kappa shape index (κ2) is 6.58. The first-order valence-electron chi connectivity index (χ1n) is 6.31. The van der Waals surface area contributed by atoms with Gasteiger partial charge in [0.1, 0.15) is 0 Å². The smallest absolute Gasteiger partial charge is 0.247 e. The Morgan fingerprint density at radius 3 is 2.70 bits per heavy atom. The van der Waals surface area contributed by atoms with Gasteiger partial charge in [0, 0.05) is 18.0 Å². The van der Waals surface area contributed by atoms with E-state index >= 15 is 0 Å². The Kier molecular flexibility index (Phi) is 4.80. The minimum absolute atomic E-state index is 0.00410. The molecule has 108 valence electrons. The number of rotatable bonds is 7. The summed E-state index contributed by atoms with van der Waals surface area (Å²) in [5.74, 6) is 0.682. The predicted octanol–water partition coefficient (Wildman–Crippen LogP) is 1.35. The Labute approximate surface area is 117 Å². The second-order valence-electron chi connectivity index (χ2n) is 4.23. The molecule has 0 saturated carbocycles. The van der Waals surface area contributed by atoms with Crippen LogP contribution in [0.4, 0.5) is 0 Å². The predicted molar refractivity (Wildman–Crippen MR) is 73.1 cm³/mol. The highest BCUT2D eigenvalue weighted by Gasteiger charge is 2.13. The van der Waals surface area contributed by atoms with Gasteiger partial charge >= 0.3 is 0 Å². The summed E-state index contributed by atoms with van der Waals surface area (Å²) in [4.78, 5) is 3.89. The highest BCUT2D eigenvalue weighted by atomic mass is 32.2. The molecule has 0 atom stereocenters. The molecule has 0 saturated heterocycles. The van der Waals surface area contributed by atoms with Crippen molar-refractivity contribution in [3.8, 4) is 11.5 Å². The first kappa shape index (κ1) is 14.6. The van der Waals surface area contributed by atoms with Crippen LogP contribution in [-0.4, -0.2) is 29.4 Å². The summed E-state index contributed by atoms with van der Waals surface area (Å²) in [6.07, 6.45) is 4.69. The first-order valence-corrected chi connectivity index (χ1v) is 7.96. The molecule has 20 heavy (non-hydrogen) atoms. The number of unbranched alkanes of at least 4 members (excludes halogenated alkanes) is 1. The lowest BCUT2D eigenvalue weighted by atomic mass is 10.3. The Morgan fingerprint density at radius 2 is 2.00 bits per heavy atom. The van der Waals surface area contributed by atoms with Crippen LogP contribution in [0.15, 0.2) is 28.9 Å². The van der Waals surface area contributed by atoms with E-state index in [1.165, 1.54) is 0 Å². The highest BCUT2D eigenvalue weighted by Crippen LogP contribution is 2.16. The van der Waals surface area contributed by atoms with Crippen molar-refractivity contribution < 1.29 is 12.8 Å². The number of hydrogen-bond donors (Lipinski definition) is 1. The molecule has 0 fully saturated rings. The summed E-state index contributed by atoms with van der Waals surface area (Å²) in [5.41, 5.74) is 0.743. The summed E-state index contributed by atoms with van der Waals surface area (Å²) in [6.45, 7) is 1.94. The molecule has 0 spiro atoms. The summed E-state index contributed by atoms with van der Waals surface area (Å²) in [5, 5.41) is 7.68. The molecule has 2 aromatic heterocycles. The third kappa shape index (κ3) is 4.10. The van der Waals surface area contributed by atoms with Crippen LogP contribution in [0.1, 0.15) is 25.7 Å². The van der Waals surface area contributed by atoms with E-state index in [2.05, 4.69) is 19.9 Å². The summed E-state index contributed by atoms with van der Waals surface area (Å²) >= 11 is 0. The number of aromatic nitrogens is 3. The van der Waals surface area contributed by atoms with E-state index < -0.39 is 10.0 Å². The lowest BCUT2D eigenvalue weighted by Crippen LogP contribution is -2.26. The number of pyridine rings is 1. The summed E-state index contributed by atoms with van der Waals surface area (Å²) in [7, 11) is -3.29. The van der Waals surface area contributed by atoms with Crippen LogP contribution >= 0.6 is 0 Å². The molecule has 2 rings (SSSR count). The van der Waals surface area contributed by atoms with E-state index in [1.807, 2.05) is 6.92 Å². The Balaban J connectivity index is 1.97. The van der Waals surface area contributed by atoms with Gasteiger partial charge in [-0.25, -0.2) is 13.1 Å². The SMILES string of the molecule is CCCCS(=O)(=O)NCc1nnc(-c2ccncc2)o1. The minimum atomic E-state index is -3.29. The molecule has 0 aliphatic heterocycles. The van der Waals surface area contributed by atoms with Crippen LogP contribution in [0.5, 0.6) is 0 Å². The van der Waals surface area contributed by atoms with E-state index in [0.29, 0.717) is 12.3 Å². The zero-order valence-electron chi connectivity index (χ0n) is 11.1. The molecule has 0 unspecified atom stereocenters. The first-order chi connectivity index (χ1) is 9.61. The van der Waals surface area contributed by atoms with E-state index in [9.17, 15) is 8.42 Å². The quantitative estimate of drug-likeness (QED) is 0.828. The van der Waals surface area contributed by atoms with Gasteiger partial charge in [0.2, 0.25) is 21.8 Å². The third-order valence-electron chi connectivity index (χ3n) is 2.60. The van der Waals surface area contributed by atoms with Crippen molar-refractivity contribution in [2.75, 3.05) is 5.75 Å². The Bertz CT molecular complexity index is 640. The fraction of sp³-hybridized carbons (Fsp3) is 0.417. The molecule has 7 nitrogen and oxygen atoms in total. The number of nitrogens with zero attached hydrogens (tertiary/aromatic N) is 3. The molecule has 0 aliphatic carbocycles. The molecular formula is C12H16N4O3S. The molecule has 2 aromatic rings. The highest BCUT2D eigenvalue weighted by molar-refractivity contribution is 7.89. The van der Waals surface area contributed by atoms with Crippen LogP contribution in [0.25, 0.3) is 11.5 Å². The van der Waals surface area contributed by atoms with Crippen LogP contribution in [-0.2, 0) is 16.6 Å². The van der Waals surface area contributed by atoms with Gasteiger partial charge in [-0.05, 0) is 18.6 Å². The van der Waals surface area contributed by atoms with Gasteiger partial charge < -0.3 is 4.42 Å². The fourth-order valence-electron chi connectivity index (χ4n) is 1.51. The summed E-state index contributed by atoms with van der Waals surface area (Å²) in [6, 6.07) is 3.48. The van der Waals surface area contributed by atoms with Gasteiger partial charge in [0.05, 0.1) is 12.3 Å². The molecule has 2 heterocycles. The summed E-state index contributed by atoms with van der Waals surface area (Å²) < 4.78 is 31.1. The lowest BCUT2D eigenvalue weighted by molar-refractivity contribution is 0.494. The fourth-order valence-corrected chi connectivity index (χ4v) is 2.67. The van der Waals surface area contributed by atoms with Crippen LogP contribution < -0.4 is 4.72 Å². The van der Waals surface area contributed by atoms with Crippen LogP contribution in [0, 0.1) is 0 Å². The lowest BCUT2D eigenvalue weighted by Gasteiger charge is -2.02. The average Bonchev–Trinajstić information content (AvgIpc) is 2.93. The molecule has 0 radical (unpaired) electrons. The Morgan fingerprint density at radius 1 is 1.25 bits per heavy atom. The number of nitrogens with one attached hydrogen (secondary N) is 1. The third-order valence-corrected chi connectivity index (χ3v) is 4.01. The second-order valence-corrected chi connectivity index (χ2v) is 6.16. The van der Waals surface area contributed by atoms with Gasteiger partial charge in [-0.15, -0.1) is 10.2 Å². The van der Waals surface area contributed by atoms with E-state index in [1.54, 1.807) is 24.5 Å². The van der Waals surface area contributed by atoms with Crippen LogP contribution in [0.2, 0.25) is 0 Å². The van der Waals surface area contributed by atoms with Crippen molar-refractivity contribution in [2.24, 2.45) is 0 Å². The van der Waals surface area contributed by atoms with E-state index in [0.717, 1.165) is 12.0 Å². The average molecular weight is 296 g/mol. The van der Waals surface area contributed by atoms with Gasteiger partial charge in [-0.3, -0.25) is 4.98 Å². The van der Waals surface area contributed by atoms with Crippen molar-refractivity contribution in [1.82, 2.24) is 19.9 Å². The maximum Gasteiger partial charge on any atom is 0.247 e. The maximum absolute atomic E-state index is 11.6. The normalized spacial score (nSPS) is 11.7. The molecule has 0 bridgehead atoms. The maximum atomic E-state index is 11.6. The molecular weight excluding hydrogens is 280 g/mol. The topological polar surface area (TPSA) is 98.0 Å². The van der Waals surface area contributed by atoms with Gasteiger partial charge in [0.15, 0.2) is 0 Å². The zero-order valence-corrected chi connectivity index (χ0v) is 11.9. The molecule has 1 N–H and O–H groups in total. The molecule has 0 aliphatic rings. The van der Waals surface area contributed by atoms with Crippen LogP contribution in [0.3, 0.4) is 0 Å². The van der Waals surface area contributed by atoms with Crippen molar-refractivity contribution in [3.63, 3.8) is 0 Å². The van der Waals surface area contributed by atoms with Crippen molar-refractivity contribution in [1.29, 1.82) is 0 Å². The number of sulfonamides is 1. The monoisotopic (exact) mass is 296 g/mol. The van der Waals surface area contributed by atoms with Gasteiger partial charge in [-0.1, -0.05) is 13.3 Å². The van der Waals surface area contributed by atoms with E-state index in [4.69, 9.17) is 4.42 Å². The minimum Gasteiger partial charge on any atom is -0.419 e.